The van der Waals surface area contributed by atoms with Gasteiger partial charge in [-0.15, -0.1) is 0 Å². The van der Waals surface area contributed by atoms with Crippen molar-refractivity contribution >= 4 is 17.4 Å². The first kappa shape index (κ1) is 11.2. The van der Waals surface area contributed by atoms with Crippen molar-refractivity contribution in [2.75, 3.05) is 11.9 Å². The predicted octanol–water partition coefficient (Wildman–Crippen LogP) is 1.70. The highest BCUT2D eigenvalue weighted by atomic mass is 35.5. The number of anilines is 1. The summed E-state index contributed by atoms with van der Waals surface area (Å²) < 4.78 is 0. The normalized spacial score (nSPS) is 14.9. The number of halogens is 1. The van der Waals surface area contributed by atoms with Crippen molar-refractivity contribution in [3.8, 4) is 0 Å². The Kier molecular flexibility index (Phi) is 3.66. The molecule has 2 N–H and O–H groups in total. The lowest BCUT2D eigenvalue weighted by Gasteiger charge is -2.27. The van der Waals surface area contributed by atoms with Gasteiger partial charge in [-0.1, -0.05) is 18.5 Å². The number of aliphatic hydroxyl groups is 1. The van der Waals surface area contributed by atoms with Crippen molar-refractivity contribution in [1.29, 1.82) is 0 Å². The molecule has 0 aliphatic carbocycles. The highest BCUT2D eigenvalue weighted by Crippen LogP contribution is 2.21. The summed E-state index contributed by atoms with van der Waals surface area (Å²) in [4.78, 5) is 7.93. The summed E-state index contributed by atoms with van der Waals surface area (Å²) in [6, 6.07) is 0. The second-order valence-corrected chi connectivity index (χ2v) is 3.75. The molecule has 1 aromatic rings. The Bertz CT molecular complexity index is 302. The summed E-state index contributed by atoms with van der Waals surface area (Å²) in [6.45, 7) is 3.90. The molecule has 5 heteroatoms. The van der Waals surface area contributed by atoms with Crippen molar-refractivity contribution in [1.82, 2.24) is 9.97 Å². The minimum Gasteiger partial charge on any atom is -0.394 e. The topological polar surface area (TPSA) is 58.0 Å². The molecule has 0 aliphatic heterocycles. The van der Waals surface area contributed by atoms with Crippen LogP contribution in [-0.4, -0.2) is 27.2 Å². The standard InChI is InChI=1S/C9H14ClN3O/c1-3-9(2,6-14)13-8-7(10)11-4-5-12-8/h4-5,14H,3,6H2,1-2H3,(H,12,13). The molecule has 0 saturated carbocycles. The molecule has 0 radical (unpaired) electrons. The van der Waals surface area contributed by atoms with Gasteiger partial charge in [-0.3, -0.25) is 0 Å². The van der Waals surface area contributed by atoms with E-state index in [2.05, 4.69) is 15.3 Å². The van der Waals surface area contributed by atoms with E-state index in [1.807, 2.05) is 13.8 Å². The van der Waals surface area contributed by atoms with Crippen molar-refractivity contribution in [2.45, 2.75) is 25.8 Å². The number of hydrogen-bond acceptors (Lipinski definition) is 4. The first-order chi connectivity index (χ1) is 6.61. The molecule has 4 nitrogen and oxygen atoms in total. The lowest BCUT2D eigenvalue weighted by atomic mass is 10.0. The van der Waals surface area contributed by atoms with E-state index in [1.54, 1.807) is 6.20 Å². The fourth-order valence-corrected chi connectivity index (χ4v) is 1.08. The number of rotatable bonds is 4. The van der Waals surface area contributed by atoms with Crippen LogP contribution in [0.1, 0.15) is 20.3 Å². The van der Waals surface area contributed by atoms with Crippen LogP contribution >= 0.6 is 11.6 Å². The van der Waals surface area contributed by atoms with E-state index in [4.69, 9.17) is 11.6 Å². The Morgan fingerprint density at radius 1 is 1.50 bits per heavy atom. The first-order valence-corrected chi connectivity index (χ1v) is 4.84. The van der Waals surface area contributed by atoms with Gasteiger partial charge in [0.1, 0.15) is 0 Å². The molecule has 0 spiro atoms. The third-order valence-corrected chi connectivity index (χ3v) is 2.48. The maximum atomic E-state index is 9.18. The van der Waals surface area contributed by atoms with E-state index in [1.165, 1.54) is 6.20 Å². The minimum atomic E-state index is -0.403. The average molecular weight is 216 g/mol. The van der Waals surface area contributed by atoms with Crippen LogP contribution in [0.25, 0.3) is 0 Å². The Hall–Kier alpha value is -0.870. The summed E-state index contributed by atoms with van der Waals surface area (Å²) in [5.74, 6) is 0.507. The van der Waals surface area contributed by atoms with Crippen LogP contribution < -0.4 is 5.32 Å². The molecule has 1 aromatic heterocycles. The summed E-state index contributed by atoms with van der Waals surface area (Å²) in [5, 5.41) is 12.6. The van der Waals surface area contributed by atoms with Crippen LogP contribution in [0, 0.1) is 0 Å². The van der Waals surface area contributed by atoms with Gasteiger partial charge < -0.3 is 10.4 Å². The van der Waals surface area contributed by atoms with Gasteiger partial charge in [0, 0.05) is 12.4 Å². The third kappa shape index (κ3) is 2.56. The van der Waals surface area contributed by atoms with E-state index in [-0.39, 0.29) is 6.61 Å². The molecule has 1 rings (SSSR count). The molecule has 0 fully saturated rings. The van der Waals surface area contributed by atoms with Crippen molar-refractivity contribution in [3.05, 3.63) is 17.5 Å². The van der Waals surface area contributed by atoms with Crippen LogP contribution in [0.3, 0.4) is 0 Å². The highest BCUT2D eigenvalue weighted by Gasteiger charge is 2.22. The molecule has 0 saturated heterocycles. The Balaban J connectivity index is 2.82. The molecule has 1 atom stereocenters. The molecule has 78 valence electrons. The van der Waals surface area contributed by atoms with E-state index in [0.29, 0.717) is 11.0 Å². The average Bonchev–Trinajstić information content (AvgIpc) is 2.21. The summed E-state index contributed by atoms with van der Waals surface area (Å²) in [6.07, 6.45) is 3.85. The summed E-state index contributed by atoms with van der Waals surface area (Å²) >= 11 is 5.83. The maximum absolute atomic E-state index is 9.18. The monoisotopic (exact) mass is 215 g/mol. The molecule has 0 amide bonds. The zero-order valence-electron chi connectivity index (χ0n) is 8.29. The van der Waals surface area contributed by atoms with Gasteiger partial charge >= 0.3 is 0 Å². The maximum Gasteiger partial charge on any atom is 0.171 e. The van der Waals surface area contributed by atoms with Gasteiger partial charge in [0.2, 0.25) is 0 Å². The zero-order chi connectivity index (χ0) is 10.6. The molecule has 14 heavy (non-hydrogen) atoms. The van der Waals surface area contributed by atoms with Crippen molar-refractivity contribution < 1.29 is 5.11 Å². The first-order valence-electron chi connectivity index (χ1n) is 4.47. The molecule has 1 unspecified atom stereocenters. The fourth-order valence-electron chi connectivity index (χ4n) is 0.930. The third-order valence-electron chi connectivity index (χ3n) is 2.20. The molecular formula is C9H14ClN3O. The Morgan fingerprint density at radius 2 is 2.14 bits per heavy atom. The van der Waals surface area contributed by atoms with Gasteiger partial charge in [0.15, 0.2) is 11.0 Å². The van der Waals surface area contributed by atoms with Crippen molar-refractivity contribution in [3.63, 3.8) is 0 Å². The van der Waals surface area contributed by atoms with Crippen LogP contribution in [0.15, 0.2) is 12.4 Å². The smallest absolute Gasteiger partial charge is 0.171 e. The molecule has 1 heterocycles. The number of aliphatic hydroxyl groups excluding tert-OH is 1. The molecular weight excluding hydrogens is 202 g/mol. The summed E-state index contributed by atoms with van der Waals surface area (Å²) in [7, 11) is 0. The number of hydrogen-bond donors (Lipinski definition) is 2. The van der Waals surface area contributed by atoms with Crippen LogP contribution in [0.4, 0.5) is 5.82 Å². The fraction of sp³-hybridized carbons (Fsp3) is 0.556. The second-order valence-electron chi connectivity index (χ2n) is 3.39. The minimum absolute atomic E-state index is 0.0242. The van der Waals surface area contributed by atoms with E-state index >= 15 is 0 Å². The van der Waals surface area contributed by atoms with Crippen LogP contribution in [-0.2, 0) is 0 Å². The van der Waals surface area contributed by atoms with E-state index < -0.39 is 5.54 Å². The molecule has 0 aromatic carbocycles. The number of aromatic nitrogens is 2. The lowest BCUT2D eigenvalue weighted by molar-refractivity contribution is 0.218. The zero-order valence-corrected chi connectivity index (χ0v) is 9.04. The molecule has 0 aliphatic rings. The molecule has 0 bridgehead atoms. The van der Waals surface area contributed by atoms with Gasteiger partial charge in [0.25, 0.3) is 0 Å². The van der Waals surface area contributed by atoms with Crippen LogP contribution in [0.2, 0.25) is 5.15 Å². The van der Waals surface area contributed by atoms with Gasteiger partial charge in [0.05, 0.1) is 12.1 Å². The van der Waals surface area contributed by atoms with Crippen molar-refractivity contribution in [2.24, 2.45) is 0 Å². The van der Waals surface area contributed by atoms with Gasteiger partial charge in [-0.2, -0.15) is 0 Å². The second kappa shape index (κ2) is 4.57. The number of nitrogens with zero attached hydrogens (tertiary/aromatic N) is 2. The van der Waals surface area contributed by atoms with Gasteiger partial charge in [-0.25, -0.2) is 9.97 Å². The predicted molar refractivity (Wildman–Crippen MR) is 56.4 cm³/mol. The van der Waals surface area contributed by atoms with E-state index in [0.717, 1.165) is 6.42 Å². The van der Waals surface area contributed by atoms with Crippen LogP contribution in [0.5, 0.6) is 0 Å². The summed E-state index contributed by atoms with van der Waals surface area (Å²) in [5.41, 5.74) is -0.403. The quantitative estimate of drug-likeness (QED) is 0.803. The lowest BCUT2D eigenvalue weighted by Crippen LogP contribution is -2.38. The Labute approximate surface area is 88.3 Å². The SMILES string of the molecule is CCC(C)(CO)Nc1nccnc1Cl. The van der Waals surface area contributed by atoms with Gasteiger partial charge in [-0.05, 0) is 13.3 Å². The van der Waals surface area contributed by atoms with E-state index in [9.17, 15) is 5.11 Å². The number of nitrogens with one attached hydrogen (secondary N) is 1. The highest BCUT2D eigenvalue weighted by molar-refractivity contribution is 6.31. The Morgan fingerprint density at radius 3 is 2.64 bits per heavy atom. The largest absolute Gasteiger partial charge is 0.394 e.